The quantitative estimate of drug-likeness (QED) is 0.639. The second-order valence-corrected chi connectivity index (χ2v) is 5.54. The second kappa shape index (κ2) is 7.07. The fraction of sp³-hybridized carbons (Fsp3) is 0. The summed E-state index contributed by atoms with van der Waals surface area (Å²) in [4.78, 5) is 12.1. The van der Waals surface area contributed by atoms with Crippen LogP contribution in [0.4, 0.5) is 5.69 Å². The van der Waals surface area contributed by atoms with Crippen LogP contribution in [0.25, 0.3) is 6.08 Å². The van der Waals surface area contributed by atoms with Crippen molar-refractivity contribution in [3.05, 3.63) is 69.2 Å². The molecule has 5 heteroatoms. The van der Waals surface area contributed by atoms with E-state index < -0.39 is 5.91 Å². The van der Waals surface area contributed by atoms with Crippen LogP contribution in [0.1, 0.15) is 5.56 Å². The van der Waals surface area contributed by atoms with E-state index in [0.29, 0.717) is 10.7 Å². The monoisotopic (exact) mass is 360 g/mol. The Morgan fingerprint density at radius 3 is 2.67 bits per heavy atom. The van der Waals surface area contributed by atoms with Crippen molar-refractivity contribution in [3.63, 3.8) is 0 Å². The zero-order valence-electron chi connectivity index (χ0n) is 10.8. The molecule has 0 aliphatic rings. The molecule has 0 atom stereocenters. The molecular formula is C16H10BrClN2O. The van der Waals surface area contributed by atoms with Gasteiger partial charge in [-0.1, -0.05) is 45.7 Å². The van der Waals surface area contributed by atoms with Gasteiger partial charge in [-0.15, -0.1) is 0 Å². The summed E-state index contributed by atoms with van der Waals surface area (Å²) in [6.07, 6.45) is 1.53. The molecule has 0 saturated heterocycles. The molecular weight excluding hydrogens is 352 g/mol. The van der Waals surface area contributed by atoms with Crippen LogP contribution in [0.3, 0.4) is 0 Å². The number of hydrogen-bond acceptors (Lipinski definition) is 2. The first kappa shape index (κ1) is 15.3. The van der Waals surface area contributed by atoms with Crippen LogP contribution < -0.4 is 5.32 Å². The van der Waals surface area contributed by atoms with Crippen molar-refractivity contribution >= 4 is 45.2 Å². The summed E-state index contributed by atoms with van der Waals surface area (Å²) < 4.78 is 0.879. The van der Waals surface area contributed by atoms with Crippen LogP contribution in [0.2, 0.25) is 5.02 Å². The summed E-state index contributed by atoms with van der Waals surface area (Å²) in [7, 11) is 0. The minimum atomic E-state index is -0.472. The largest absolute Gasteiger partial charge is 0.321 e. The van der Waals surface area contributed by atoms with Crippen LogP contribution in [0.15, 0.2) is 58.6 Å². The Balaban J connectivity index is 2.21. The Morgan fingerprint density at radius 1 is 1.24 bits per heavy atom. The molecule has 21 heavy (non-hydrogen) atoms. The van der Waals surface area contributed by atoms with E-state index in [9.17, 15) is 4.79 Å². The van der Waals surface area contributed by atoms with Gasteiger partial charge in [-0.2, -0.15) is 5.26 Å². The number of carbonyl (C=O) groups excluding carboxylic acids is 1. The third-order valence-electron chi connectivity index (χ3n) is 2.61. The van der Waals surface area contributed by atoms with E-state index in [-0.39, 0.29) is 5.57 Å². The molecule has 0 saturated carbocycles. The lowest BCUT2D eigenvalue weighted by atomic mass is 10.1. The van der Waals surface area contributed by atoms with E-state index in [0.717, 1.165) is 10.0 Å². The smallest absolute Gasteiger partial charge is 0.266 e. The van der Waals surface area contributed by atoms with Gasteiger partial charge in [-0.05, 0) is 42.0 Å². The molecule has 0 heterocycles. The zero-order chi connectivity index (χ0) is 15.2. The fourth-order valence-corrected chi connectivity index (χ4v) is 2.28. The molecule has 2 rings (SSSR count). The molecule has 0 unspecified atom stereocenters. The molecule has 0 fully saturated rings. The van der Waals surface area contributed by atoms with Crippen LogP contribution in [-0.4, -0.2) is 5.91 Å². The molecule has 3 nitrogen and oxygen atoms in total. The van der Waals surface area contributed by atoms with Crippen LogP contribution >= 0.6 is 27.5 Å². The van der Waals surface area contributed by atoms with Gasteiger partial charge in [-0.3, -0.25) is 4.79 Å². The lowest BCUT2D eigenvalue weighted by Gasteiger charge is -2.04. The molecule has 0 aliphatic carbocycles. The van der Waals surface area contributed by atoms with Gasteiger partial charge >= 0.3 is 0 Å². The minimum absolute atomic E-state index is 0.0214. The Bertz CT molecular complexity index is 750. The van der Waals surface area contributed by atoms with E-state index in [2.05, 4.69) is 21.2 Å². The van der Waals surface area contributed by atoms with Crippen molar-refractivity contribution in [3.8, 4) is 6.07 Å². The molecule has 0 aliphatic heterocycles. The zero-order valence-corrected chi connectivity index (χ0v) is 13.1. The van der Waals surface area contributed by atoms with Crippen LogP contribution in [-0.2, 0) is 4.79 Å². The van der Waals surface area contributed by atoms with Gasteiger partial charge in [0.15, 0.2) is 0 Å². The second-order valence-electron chi connectivity index (χ2n) is 4.19. The number of benzene rings is 2. The summed E-state index contributed by atoms with van der Waals surface area (Å²) in [6, 6.07) is 16.0. The van der Waals surface area contributed by atoms with Crippen molar-refractivity contribution in [2.45, 2.75) is 0 Å². The van der Waals surface area contributed by atoms with Crippen molar-refractivity contribution in [2.75, 3.05) is 5.32 Å². The Morgan fingerprint density at radius 2 is 2.00 bits per heavy atom. The standard InChI is InChI=1S/C16H10BrClN2O/c17-13-4-1-3-11(8-13)7-12(10-19)16(21)20-15-6-2-5-14(18)9-15/h1-9H,(H,20,21)/b12-7+. The van der Waals surface area contributed by atoms with Crippen molar-refractivity contribution in [1.29, 1.82) is 5.26 Å². The van der Waals surface area contributed by atoms with Gasteiger partial charge in [0.1, 0.15) is 11.6 Å². The van der Waals surface area contributed by atoms with Gasteiger partial charge in [0, 0.05) is 15.2 Å². The molecule has 0 bridgehead atoms. The van der Waals surface area contributed by atoms with E-state index in [1.54, 1.807) is 24.3 Å². The van der Waals surface area contributed by atoms with Gasteiger partial charge < -0.3 is 5.32 Å². The maximum absolute atomic E-state index is 12.1. The third-order valence-corrected chi connectivity index (χ3v) is 3.34. The minimum Gasteiger partial charge on any atom is -0.321 e. The summed E-state index contributed by atoms with van der Waals surface area (Å²) in [6.45, 7) is 0. The normalized spacial score (nSPS) is 10.8. The number of rotatable bonds is 3. The summed E-state index contributed by atoms with van der Waals surface area (Å²) in [5.41, 5.74) is 1.33. The predicted octanol–water partition coefficient (Wildman–Crippen LogP) is 4.65. The molecule has 2 aromatic carbocycles. The Kier molecular flexibility index (Phi) is 5.15. The fourth-order valence-electron chi connectivity index (χ4n) is 1.68. The lowest BCUT2D eigenvalue weighted by molar-refractivity contribution is -0.112. The molecule has 2 aromatic rings. The lowest BCUT2D eigenvalue weighted by Crippen LogP contribution is -2.13. The summed E-state index contributed by atoms with van der Waals surface area (Å²) >= 11 is 9.20. The van der Waals surface area contributed by atoms with Gasteiger partial charge in [0.05, 0.1) is 0 Å². The highest BCUT2D eigenvalue weighted by molar-refractivity contribution is 9.10. The number of hydrogen-bond donors (Lipinski definition) is 1. The number of nitrogens with zero attached hydrogens (tertiary/aromatic N) is 1. The predicted molar refractivity (Wildman–Crippen MR) is 87.8 cm³/mol. The number of anilines is 1. The van der Waals surface area contributed by atoms with Crippen LogP contribution in [0, 0.1) is 11.3 Å². The van der Waals surface area contributed by atoms with E-state index in [4.69, 9.17) is 16.9 Å². The molecule has 0 radical (unpaired) electrons. The topological polar surface area (TPSA) is 52.9 Å². The third kappa shape index (κ3) is 4.45. The highest BCUT2D eigenvalue weighted by Crippen LogP contribution is 2.17. The first-order chi connectivity index (χ1) is 10.1. The first-order valence-corrected chi connectivity index (χ1v) is 7.20. The highest BCUT2D eigenvalue weighted by atomic mass is 79.9. The maximum Gasteiger partial charge on any atom is 0.266 e. The van der Waals surface area contributed by atoms with E-state index >= 15 is 0 Å². The SMILES string of the molecule is N#C/C(=C\c1cccc(Br)c1)C(=O)Nc1cccc(Cl)c1. The van der Waals surface area contributed by atoms with Gasteiger partial charge in [0.25, 0.3) is 5.91 Å². The van der Waals surface area contributed by atoms with Crippen molar-refractivity contribution in [2.24, 2.45) is 0 Å². The van der Waals surface area contributed by atoms with E-state index in [1.165, 1.54) is 6.08 Å². The molecule has 1 N–H and O–H groups in total. The Labute approximate surface area is 136 Å². The van der Waals surface area contributed by atoms with Gasteiger partial charge in [-0.25, -0.2) is 0 Å². The molecule has 104 valence electrons. The van der Waals surface area contributed by atoms with Gasteiger partial charge in [0.2, 0.25) is 0 Å². The van der Waals surface area contributed by atoms with Crippen molar-refractivity contribution < 1.29 is 4.79 Å². The first-order valence-electron chi connectivity index (χ1n) is 6.03. The molecule has 0 aromatic heterocycles. The number of amides is 1. The Hall–Kier alpha value is -2.09. The summed E-state index contributed by atoms with van der Waals surface area (Å²) in [5, 5.41) is 12.3. The highest BCUT2D eigenvalue weighted by Gasteiger charge is 2.09. The average molecular weight is 362 g/mol. The molecule has 1 amide bonds. The van der Waals surface area contributed by atoms with Crippen LogP contribution in [0.5, 0.6) is 0 Å². The number of nitrogens with one attached hydrogen (secondary N) is 1. The van der Waals surface area contributed by atoms with E-state index in [1.807, 2.05) is 30.3 Å². The average Bonchev–Trinajstić information content (AvgIpc) is 2.44. The number of carbonyl (C=O) groups is 1. The molecule has 0 spiro atoms. The number of nitriles is 1. The maximum atomic E-state index is 12.1. The summed E-state index contributed by atoms with van der Waals surface area (Å²) in [5.74, 6) is -0.472. The van der Waals surface area contributed by atoms with Crippen molar-refractivity contribution in [1.82, 2.24) is 0 Å². The number of halogens is 2.